The van der Waals surface area contributed by atoms with Gasteiger partial charge in [0.25, 0.3) is 5.56 Å². The van der Waals surface area contributed by atoms with Crippen molar-refractivity contribution in [1.82, 2.24) is 9.38 Å². The molecule has 0 unspecified atom stereocenters. The molecule has 2 aromatic heterocycles. The van der Waals surface area contributed by atoms with Crippen LogP contribution in [0.15, 0.2) is 132 Å². The van der Waals surface area contributed by atoms with Crippen LogP contribution in [0.4, 0.5) is 0 Å². The van der Waals surface area contributed by atoms with Gasteiger partial charge in [-0.05, 0) is 70.0 Å². The molecule has 0 bridgehead atoms. The highest BCUT2D eigenvalue weighted by Crippen LogP contribution is 2.40. The van der Waals surface area contributed by atoms with Crippen LogP contribution in [-0.2, 0) is 0 Å². The molecule has 0 fully saturated rings. The Morgan fingerprint density at radius 3 is 1.82 bits per heavy atom. The molecule has 0 aliphatic rings. The summed E-state index contributed by atoms with van der Waals surface area (Å²) in [6.45, 7) is 2.12. The van der Waals surface area contributed by atoms with E-state index in [1.54, 1.807) is 0 Å². The molecule has 188 valence electrons. The summed E-state index contributed by atoms with van der Waals surface area (Å²) in [4.78, 5) is 19.6. The standard InChI is InChI=1S/C37H24N2O/c1-23-17-18-30-34-29(20-19-28(33(23)34)25-13-7-3-8-14-25)36-38-32-22-27(24-11-5-2-6-12-24)21-31(26-15-9-4-10-16-26)35(32)39(36)37(30)40/h2-22H,1H3. The fraction of sp³-hybridized carbons (Fsp3) is 0.0270. The van der Waals surface area contributed by atoms with Crippen molar-refractivity contribution in [2.24, 2.45) is 0 Å². The van der Waals surface area contributed by atoms with Gasteiger partial charge in [-0.3, -0.25) is 9.20 Å². The summed E-state index contributed by atoms with van der Waals surface area (Å²) in [7, 11) is 0. The third-order valence-corrected chi connectivity index (χ3v) is 8.07. The molecule has 3 nitrogen and oxygen atoms in total. The Bertz CT molecular complexity index is 2270. The van der Waals surface area contributed by atoms with Gasteiger partial charge in [-0.1, -0.05) is 103 Å². The van der Waals surface area contributed by atoms with Gasteiger partial charge in [-0.25, -0.2) is 4.98 Å². The van der Waals surface area contributed by atoms with Crippen molar-refractivity contribution in [3.8, 4) is 33.4 Å². The van der Waals surface area contributed by atoms with Crippen molar-refractivity contribution >= 4 is 38.2 Å². The first kappa shape index (κ1) is 22.7. The van der Waals surface area contributed by atoms with Crippen molar-refractivity contribution in [3.05, 3.63) is 143 Å². The van der Waals surface area contributed by atoms with Crippen LogP contribution in [0.2, 0.25) is 0 Å². The van der Waals surface area contributed by atoms with Crippen LogP contribution in [-0.4, -0.2) is 9.38 Å². The van der Waals surface area contributed by atoms with Gasteiger partial charge >= 0.3 is 0 Å². The minimum atomic E-state index is -0.0372. The van der Waals surface area contributed by atoms with E-state index >= 15 is 0 Å². The molecule has 0 saturated heterocycles. The number of aromatic nitrogens is 2. The van der Waals surface area contributed by atoms with Crippen LogP contribution in [0.1, 0.15) is 5.56 Å². The van der Waals surface area contributed by atoms with E-state index in [0.717, 1.165) is 66.1 Å². The summed E-state index contributed by atoms with van der Waals surface area (Å²) in [5, 5.41) is 3.80. The Morgan fingerprint density at radius 1 is 0.550 bits per heavy atom. The highest BCUT2D eigenvalue weighted by molar-refractivity contribution is 6.20. The molecule has 2 heterocycles. The van der Waals surface area contributed by atoms with Gasteiger partial charge in [0.2, 0.25) is 0 Å². The van der Waals surface area contributed by atoms with Crippen molar-refractivity contribution < 1.29 is 0 Å². The first-order chi connectivity index (χ1) is 19.7. The van der Waals surface area contributed by atoms with E-state index in [-0.39, 0.29) is 5.56 Å². The largest absolute Gasteiger partial charge is 0.268 e. The summed E-state index contributed by atoms with van der Waals surface area (Å²) in [5.74, 6) is 0. The normalized spacial score (nSPS) is 11.7. The predicted octanol–water partition coefficient (Wildman–Crippen LogP) is 8.90. The lowest BCUT2D eigenvalue weighted by Gasteiger charge is -2.14. The third-order valence-electron chi connectivity index (χ3n) is 8.07. The highest BCUT2D eigenvalue weighted by Gasteiger charge is 2.21. The van der Waals surface area contributed by atoms with Gasteiger partial charge in [-0.15, -0.1) is 0 Å². The molecule has 0 amide bonds. The van der Waals surface area contributed by atoms with E-state index in [1.165, 1.54) is 0 Å². The van der Waals surface area contributed by atoms with Crippen LogP contribution in [0.25, 0.3) is 71.6 Å². The summed E-state index contributed by atoms with van der Waals surface area (Å²) in [6.07, 6.45) is 0. The molecule has 8 aromatic rings. The SMILES string of the molecule is Cc1ccc2c(=O)n3c(nc4cc(-c5ccccc5)cc(-c5ccccc5)c43)c3ccc(-c4ccccc4)c1c23. The summed E-state index contributed by atoms with van der Waals surface area (Å²) in [5.41, 5.74) is 9.98. The fourth-order valence-electron chi connectivity index (χ4n) is 6.23. The third kappa shape index (κ3) is 3.25. The number of pyridine rings is 1. The molecular formula is C37H24N2O. The lowest BCUT2D eigenvalue weighted by atomic mass is 9.91. The molecular weight excluding hydrogens is 488 g/mol. The van der Waals surface area contributed by atoms with Gasteiger partial charge in [0, 0.05) is 21.7 Å². The first-order valence-electron chi connectivity index (χ1n) is 13.5. The van der Waals surface area contributed by atoms with Gasteiger partial charge in [-0.2, -0.15) is 0 Å². The van der Waals surface area contributed by atoms with Gasteiger partial charge in [0.15, 0.2) is 0 Å². The minimum absolute atomic E-state index is 0.0372. The first-order valence-corrected chi connectivity index (χ1v) is 13.5. The Kier molecular flexibility index (Phi) is 4.89. The molecule has 0 spiro atoms. The summed E-state index contributed by atoms with van der Waals surface area (Å²) >= 11 is 0. The van der Waals surface area contributed by atoms with E-state index in [2.05, 4.69) is 85.8 Å². The minimum Gasteiger partial charge on any atom is -0.268 e. The van der Waals surface area contributed by atoms with E-state index < -0.39 is 0 Å². The molecule has 0 atom stereocenters. The number of aryl methyl sites for hydroxylation is 1. The topological polar surface area (TPSA) is 34.4 Å². The van der Waals surface area contributed by atoms with Crippen LogP contribution in [0.5, 0.6) is 0 Å². The molecule has 0 radical (unpaired) electrons. The molecule has 6 aromatic carbocycles. The number of benzene rings is 6. The maximum atomic E-state index is 14.4. The molecule has 3 heteroatoms. The Morgan fingerprint density at radius 2 is 1.15 bits per heavy atom. The van der Waals surface area contributed by atoms with Crippen LogP contribution >= 0.6 is 0 Å². The van der Waals surface area contributed by atoms with Gasteiger partial charge in [0.05, 0.1) is 11.0 Å². The van der Waals surface area contributed by atoms with Crippen LogP contribution in [0, 0.1) is 6.92 Å². The Balaban J connectivity index is 1.55. The smallest absolute Gasteiger partial charge is 0.264 e. The molecule has 0 N–H and O–H groups in total. The second kappa shape index (κ2) is 8.62. The molecule has 0 saturated carbocycles. The molecule has 8 rings (SSSR count). The van der Waals surface area contributed by atoms with E-state index in [1.807, 2.05) is 52.9 Å². The number of hydrogen-bond acceptors (Lipinski definition) is 2. The summed E-state index contributed by atoms with van der Waals surface area (Å²) in [6, 6.07) is 43.7. The summed E-state index contributed by atoms with van der Waals surface area (Å²) < 4.78 is 1.83. The highest BCUT2D eigenvalue weighted by atomic mass is 16.1. The average molecular weight is 513 g/mol. The Hall–Kier alpha value is -5.28. The van der Waals surface area contributed by atoms with Gasteiger partial charge in [0.1, 0.15) is 5.65 Å². The number of imidazole rings is 1. The average Bonchev–Trinajstić information content (AvgIpc) is 3.41. The quantitative estimate of drug-likeness (QED) is 0.237. The van der Waals surface area contributed by atoms with Crippen LogP contribution in [0.3, 0.4) is 0 Å². The number of rotatable bonds is 3. The van der Waals surface area contributed by atoms with Gasteiger partial charge < -0.3 is 0 Å². The number of nitrogens with zero attached hydrogens (tertiary/aromatic N) is 2. The zero-order chi connectivity index (χ0) is 26.8. The van der Waals surface area contributed by atoms with E-state index in [9.17, 15) is 4.79 Å². The Labute approximate surface area is 231 Å². The lowest BCUT2D eigenvalue weighted by molar-refractivity contribution is 1.19. The second-order valence-corrected chi connectivity index (χ2v) is 10.4. The monoisotopic (exact) mass is 512 g/mol. The maximum absolute atomic E-state index is 14.4. The molecule has 40 heavy (non-hydrogen) atoms. The lowest BCUT2D eigenvalue weighted by Crippen LogP contribution is -2.14. The zero-order valence-electron chi connectivity index (χ0n) is 21.9. The number of fused-ring (bicyclic) bond motifs is 4. The second-order valence-electron chi connectivity index (χ2n) is 10.4. The van der Waals surface area contributed by atoms with Crippen molar-refractivity contribution in [1.29, 1.82) is 0 Å². The van der Waals surface area contributed by atoms with Crippen molar-refractivity contribution in [3.63, 3.8) is 0 Å². The maximum Gasteiger partial charge on any atom is 0.264 e. The van der Waals surface area contributed by atoms with Crippen molar-refractivity contribution in [2.75, 3.05) is 0 Å². The zero-order valence-corrected chi connectivity index (χ0v) is 21.9. The van der Waals surface area contributed by atoms with Crippen LogP contribution < -0.4 is 5.56 Å². The molecule has 0 aliphatic heterocycles. The van der Waals surface area contributed by atoms with E-state index in [0.29, 0.717) is 11.0 Å². The van der Waals surface area contributed by atoms with E-state index in [4.69, 9.17) is 4.98 Å². The molecule has 0 aliphatic carbocycles. The number of hydrogen-bond donors (Lipinski definition) is 0. The predicted molar refractivity (Wildman–Crippen MR) is 166 cm³/mol. The fourth-order valence-corrected chi connectivity index (χ4v) is 6.23. The van der Waals surface area contributed by atoms with Crippen molar-refractivity contribution in [2.45, 2.75) is 6.92 Å².